The van der Waals surface area contributed by atoms with Crippen molar-refractivity contribution in [3.8, 4) is 10.4 Å². The van der Waals surface area contributed by atoms with Crippen molar-refractivity contribution in [2.45, 2.75) is 38.6 Å². The minimum Gasteiger partial charge on any atom is -0.338 e. The number of piperidine rings is 1. The number of rotatable bonds is 5. The average Bonchev–Trinajstić information content (AvgIpc) is 3.40. The largest absolute Gasteiger partial charge is 0.338 e. The van der Waals surface area contributed by atoms with Gasteiger partial charge in [0, 0.05) is 29.0 Å². The van der Waals surface area contributed by atoms with E-state index in [0.29, 0.717) is 6.04 Å². The summed E-state index contributed by atoms with van der Waals surface area (Å²) < 4.78 is 0. The second kappa shape index (κ2) is 7.71. The third-order valence-electron chi connectivity index (χ3n) is 5.39. The zero-order valence-electron chi connectivity index (χ0n) is 15.1. The molecule has 1 N–H and O–H groups in total. The number of carbonyl (C=O) groups is 1. The lowest BCUT2D eigenvalue weighted by Crippen LogP contribution is -2.45. The first-order valence-electron chi connectivity index (χ1n) is 9.49. The van der Waals surface area contributed by atoms with E-state index in [1.54, 1.807) is 11.3 Å². The first-order chi connectivity index (χ1) is 12.6. The smallest absolute Gasteiger partial charge is 0.263 e. The predicted octanol–water partition coefficient (Wildman–Crippen LogP) is 4.98. The highest BCUT2D eigenvalue weighted by Gasteiger charge is 2.27. The summed E-state index contributed by atoms with van der Waals surface area (Å²) in [5, 5.41) is 4.40. The van der Waals surface area contributed by atoms with E-state index >= 15 is 0 Å². The van der Waals surface area contributed by atoms with Crippen LogP contribution in [-0.2, 0) is 0 Å². The van der Waals surface area contributed by atoms with Crippen LogP contribution in [0.1, 0.15) is 40.9 Å². The first-order valence-corrected chi connectivity index (χ1v) is 10.7. The standard InChI is InChI=1S/C21H25ClN2OS/c1-14-11-19(26-20(14)16-3-2-4-17(22)12-16)21(25)24-9-7-18(8-10-24)23-13-15-5-6-15/h2-4,11-12,15,18,23H,5-10,13H2,1H3. The summed E-state index contributed by atoms with van der Waals surface area (Å²) in [4.78, 5) is 16.9. The van der Waals surface area contributed by atoms with Crippen molar-refractivity contribution in [1.29, 1.82) is 0 Å². The lowest BCUT2D eigenvalue weighted by molar-refractivity contribution is 0.0710. The molecule has 0 spiro atoms. The number of hydrogen-bond donors (Lipinski definition) is 1. The molecule has 2 aliphatic rings. The number of aryl methyl sites for hydroxylation is 1. The van der Waals surface area contributed by atoms with Gasteiger partial charge in [0.15, 0.2) is 0 Å². The van der Waals surface area contributed by atoms with Gasteiger partial charge in [-0.3, -0.25) is 4.79 Å². The Kier molecular flexibility index (Phi) is 5.35. The summed E-state index contributed by atoms with van der Waals surface area (Å²) in [6, 6.07) is 10.5. The normalized spacial score (nSPS) is 18.3. The molecule has 0 unspecified atom stereocenters. The lowest BCUT2D eigenvalue weighted by atomic mass is 10.0. The van der Waals surface area contributed by atoms with Crippen LogP contribution in [0.25, 0.3) is 10.4 Å². The molecule has 3 nitrogen and oxygen atoms in total. The number of nitrogens with zero attached hydrogens (tertiary/aromatic N) is 1. The monoisotopic (exact) mass is 388 g/mol. The molecule has 1 aromatic heterocycles. The number of hydrogen-bond acceptors (Lipinski definition) is 3. The third kappa shape index (κ3) is 4.13. The topological polar surface area (TPSA) is 32.3 Å². The van der Waals surface area contributed by atoms with E-state index in [9.17, 15) is 4.79 Å². The maximum atomic E-state index is 12.9. The highest BCUT2D eigenvalue weighted by atomic mass is 35.5. The second-order valence-electron chi connectivity index (χ2n) is 7.55. The Labute approximate surface area is 164 Å². The fourth-order valence-electron chi connectivity index (χ4n) is 3.60. The number of benzene rings is 1. The maximum absolute atomic E-state index is 12.9. The first kappa shape index (κ1) is 18.0. The zero-order chi connectivity index (χ0) is 18.1. The van der Waals surface area contributed by atoms with Crippen LogP contribution < -0.4 is 5.32 Å². The minimum absolute atomic E-state index is 0.173. The number of halogens is 1. The lowest BCUT2D eigenvalue weighted by Gasteiger charge is -2.32. The summed E-state index contributed by atoms with van der Waals surface area (Å²) in [7, 11) is 0. The molecule has 0 radical (unpaired) electrons. The molecule has 1 aliphatic heterocycles. The molecule has 5 heteroatoms. The number of amides is 1. The molecule has 1 aliphatic carbocycles. The molecule has 1 aromatic carbocycles. The van der Waals surface area contributed by atoms with Gasteiger partial charge in [0.1, 0.15) is 0 Å². The Balaban J connectivity index is 1.40. The summed E-state index contributed by atoms with van der Waals surface area (Å²) in [6.45, 7) is 4.93. The van der Waals surface area contributed by atoms with Crippen molar-refractivity contribution in [3.05, 3.63) is 45.8 Å². The van der Waals surface area contributed by atoms with Crippen LogP contribution in [0.3, 0.4) is 0 Å². The number of carbonyl (C=O) groups excluding carboxylic acids is 1. The van der Waals surface area contributed by atoms with E-state index in [-0.39, 0.29) is 5.91 Å². The average molecular weight is 389 g/mol. The molecule has 26 heavy (non-hydrogen) atoms. The van der Waals surface area contributed by atoms with Gasteiger partial charge in [0.05, 0.1) is 4.88 Å². The molecule has 1 amide bonds. The van der Waals surface area contributed by atoms with Gasteiger partial charge < -0.3 is 10.2 Å². The van der Waals surface area contributed by atoms with Gasteiger partial charge in [-0.05, 0) is 74.4 Å². The van der Waals surface area contributed by atoms with Gasteiger partial charge in [-0.1, -0.05) is 23.7 Å². The van der Waals surface area contributed by atoms with E-state index in [0.717, 1.165) is 64.3 Å². The van der Waals surface area contributed by atoms with E-state index < -0.39 is 0 Å². The Morgan fingerprint density at radius 3 is 2.69 bits per heavy atom. The second-order valence-corrected chi connectivity index (χ2v) is 9.04. The third-order valence-corrected chi connectivity index (χ3v) is 6.90. The zero-order valence-corrected chi connectivity index (χ0v) is 16.7. The van der Waals surface area contributed by atoms with E-state index in [1.165, 1.54) is 12.8 Å². The SMILES string of the molecule is Cc1cc(C(=O)N2CCC(NCC3CC3)CC2)sc1-c1cccc(Cl)c1. The fraction of sp³-hybridized carbons (Fsp3) is 0.476. The van der Waals surface area contributed by atoms with Gasteiger partial charge in [0.2, 0.25) is 0 Å². The summed E-state index contributed by atoms with van der Waals surface area (Å²) in [5.74, 6) is 1.08. The molecule has 2 heterocycles. The molecule has 1 saturated heterocycles. The van der Waals surface area contributed by atoms with Crippen molar-refractivity contribution in [1.82, 2.24) is 10.2 Å². The van der Waals surface area contributed by atoms with Crippen LogP contribution in [0.15, 0.2) is 30.3 Å². The Morgan fingerprint density at radius 2 is 2.00 bits per heavy atom. The van der Waals surface area contributed by atoms with Gasteiger partial charge in [0.25, 0.3) is 5.91 Å². The molecule has 0 atom stereocenters. The fourth-order valence-corrected chi connectivity index (χ4v) is 4.93. The van der Waals surface area contributed by atoms with Crippen LogP contribution in [0.4, 0.5) is 0 Å². The van der Waals surface area contributed by atoms with Crippen molar-refractivity contribution < 1.29 is 4.79 Å². The Bertz CT molecular complexity index is 791. The Hall–Kier alpha value is -1.36. The summed E-state index contributed by atoms with van der Waals surface area (Å²) >= 11 is 7.71. The predicted molar refractivity (Wildman–Crippen MR) is 109 cm³/mol. The van der Waals surface area contributed by atoms with Gasteiger partial charge in [-0.2, -0.15) is 0 Å². The van der Waals surface area contributed by atoms with Crippen molar-refractivity contribution in [2.24, 2.45) is 5.92 Å². The molecule has 0 bridgehead atoms. The minimum atomic E-state index is 0.173. The highest BCUT2D eigenvalue weighted by Crippen LogP contribution is 2.34. The van der Waals surface area contributed by atoms with E-state index in [1.807, 2.05) is 29.2 Å². The van der Waals surface area contributed by atoms with E-state index in [4.69, 9.17) is 11.6 Å². The molecular formula is C21H25ClN2OS. The molecule has 138 valence electrons. The highest BCUT2D eigenvalue weighted by molar-refractivity contribution is 7.17. The molecular weight excluding hydrogens is 364 g/mol. The van der Waals surface area contributed by atoms with Gasteiger partial charge in [-0.15, -0.1) is 11.3 Å². The van der Waals surface area contributed by atoms with Gasteiger partial charge in [-0.25, -0.2) is 0 Å². The van der Waals surface area contributed by atoms with Crippen LogP contribution >= 0.6 is 22.9 Å². The Morgan fingerprint density at radius 1 is 1.23 bits per heavy atom. The van der Waals surface area contributed by atoms with Crippen LogP contribution in [0.5, 0.6) is 0 Å². The van der Waals surface area contributed by atoms with E-state index in [2.05, 4.69) is 18.3 Å². The van der Waals surface area contributed by atoms with Crippen LogP contribution in [0, 0.1) is 12.8 Å². The van der Waals surface area contributed by atoms with Crippen LogP contribution in [-0.4, -0.2) is 36.5 Å². The van der Waals surface area contributed by atoms with Crippen molar-refractivity contribution in [3.63, 3.8) is 0 Å². The molecule has 2 fully saturated rings. The van der Waals surface area contributed by atoms with Crippen LogP contribution in [0.2, 0.25) is 5.02 Å². The molecule has 2 aromatic rings. The van der Waals surface area contributed by atoms with Crippen molar-refractivity contribution in [2.75, 3.05) is 19.6 Å². The van der Waals surface area contributed by atoms with Gasteiger partial charge >= 0.3 is 0 Å². The molecule has 1 saturated carbocycles. The maximum Gasteiger partial charge on any atom is 0.263 e. The number of likely N-dealkylation sites (tertiary alicyclic amines) is 1. The molecule has 4 rings (SSSR count). The van der Waals surface area contributed by atoms with Crippen molar-refractivity contribution >= 4 is 28.8 Å². The summed E-state index contributed by atoms with van der Waals surface area (Å²) in [6.07, 6.45) is 4.89. The number of nitrogens with one attached hydrogen (secondary N) is 1. The quantitative estimate of drug-likeness (QED) is 0.783. The summed E-state index contributed by atoms with van der Waals surface area (Å²) in [5.41, 5.74) is 2.23. The number of thiophene rings is 1.